The standard InChI is InChI=1S/C21H25NO4/c1-5-13(2)16-10-6-7-12-18(16)22-20(24)15(4)26-21(25)17-11-8-9-14(3)19(17)23/h6-13,15,23H,5H2,1-4H3,(H,22,24)/t13-,15-/m0/s1. The number of carbonyl (C=O) groups is 2. The highest BCUT2D eigenvalue weighted by Crippen LogP contribution is 2.27. The van der Waals surface area contributed by atoms with E-state index in [2.05, 4.69) is 19.2 Å². The highest BCUT2D eigenvalue weighted by molar-refractivity contribution is 5.98. The highest BCUT2D eigenvalue weighted by Gasteiger charge is 2.22. The zero-order valence-electron chi connectivity index (χ0n) is 15.6. The number of amides is 1. The Morgan fingerprint density at radius 2 is 1.81 bits per heavy atom. The molecule has 0 saturated carbocycles. The Balaban J connectivity index is 2.09. The fourth-order valence-electron chi connectivity index (χ4n) is 2.60. The number of nitrogens with one attached hydrogen (secondary N) is 1. The van der Waals surface area contributed by atoms with Gasteiger partial charge in [-0.15, -0.1) is 0 Å². The van der Waals surface area contributed by atoms with E-state index in [0.717, 1.165) is 12.0 Å². The van der Waals surface area contributed by atoms with Gasteiger partial charge >= 0.3 is 5.97 Å². The number of anilines is 1. The quantitative estimate of drug-likeness (QED) is 0.753. The lowest BCUT2D eigenvalue weighted by Gasteiger charge is -2.18. The molecule has 0 aliphatic heterocycles. The lowest BCUT2D eigenvalue weighted by molar-refractivity contribution is -0.123. The third-order valence-electron chi connectivity index (χ3n) is 4.47. The molecule has 0 heterocycles. The first-order valence-corrected chi connectivity index (χ1v) is 8.74. The van der Waals surface area contributed by atoms with Gasteiger partial charge in [0, 0.05) is 5.69 Å². The number of ether oxygens (including phenoxy) is 1. The van der Waals surface area contributed by atoms with Crippen LogP contribution in [0.3, 0.4) is 0 Å². The molecule has 5 nitrogen and oxygen atoms in total. The number of aryl methyl sites for hydroxylation is 1. The molecule has 0 radical (unpaired) electrons. The van der Waals surface area contributed by atoms with Crippen LogP contribution in [0.25, 0.3) is 0 Å². The van der Waals surface area contributed by atoms with Crippen LogP contribution in [-0.2, 0) is 9.53 Å². The van der Waals surface area contributed by atoms with Gasteiger partial charge in [-0.3, -0.25) is 4.79 Å². The molecule has 0 aliphatic rings. The minimum absolute atomic E-state index is 0.0460. The predicted molar refractivity (Wildman–Crippen MR) is 101 cm³/mol. The number of aromatic hydroxyl groups is 1. The van der Waals surface area contributed by atoms with Crippen molar-refractivity contribution in [2.24, 2.45) is 0 Å². The van der Waals surface area contributed by atoms with Crippen molar-refractivity contribution in [3.05, 3.63) is 59.2 Å². The van der Waals surface area contributed by atoms with Crippen molar-refractivity contribution in [1.29, 1.82) is 0 Å². The Morgan fingerprint density at radius 1 is 1.12 bits per heavy atom. The molecule has 2 aromatic rings. The van der Waals surface area contributed by atoms with Crippen molar-refractivity contribution in [3.63, 3.8) is 0 Å². The van der Waals surface area contributed by atoms with Gasteiger partial charge in [-0.05, 0) is 49.4 Å². The molecule has 0 aliphatic carbocycles. The molecule has 0 saturated heterocycles. The summed E-state index contributed by atoms with van der Waals surface area (Å²) in [5.74, 6) is -0.980. The van der Waals surface area contributed by atoms with Crippen LogP contribution >= 0.6 is 0 Å². The van der Waals surface area contributed by atoms with E-state index in [9.17, 15) is 14.7 Å². The van der Waals surface area contributed by atoms with Gasteiger partial charge in [0.1, 0.15) is 11.3 Å². The van der Waals surface area contributed by atoms with Crippen LogP contribution in [0.1, 0.15) is 54.6 Å². The Hall–Kier alpha value is -2.82. The molecule has 2 N–H and O–H groups in total. The van der Waals surface area contributed by atoms with E-state index in [1.807, 2.05) is 24.3 Å². The van der Waals surface area contributed by atoms with Crippen molar-refractivity contribution in [2.75, 3.05) is 5.32 Å². The first-order chi connectivity index (χ1) is 12.3. The van der Waals surface area contributed by atoms with Crippen molar-refractivity contribution >= 4 is 17.6 Å². The van der Waals surface area contributed by atoms with Gasteiger partial charge < -0.3 is 15.2 Å². The van der Waals surface area contributed by atoms with Crippen LogP contribution in [0.15, 0.2) is 42.5 Å². The monoisotopic (exact) mass is 355 g/mol. The maximum absolute atomic E-state index is 12.4. The molecule has 1 amide bonds. The second-order valence-corrected chi connectivity index (χ2v) is 6.40. The first kappa shape index (κ1) is 19.5. The lowest BCUT2D eigenvalue weighted by atomic mass is 9.97. The average molecular weight is 355 g/mol. The van der Waals surface area contributed by atoms with Crippen molar-refractivity contribution in [3.8, 4) is 5.75 Å². The largest absolute Gasteiger partial charge is 0.507 e. The predicted octanol–water partition coefficient (Wildman–Crippen LogP) is 4.40. The summed E-state index contributed by atoms with van der Waals surface area (Å²) in [6, 6.07) is 12.4. The van der Waals surface area contributed by atoms with Gasteiger partial charge in [0.25, 0.3) is 5.91 Å². The van der Waals surface area contributed by atoms with E-state index in [-0.39, 0.29) is 11.3 Å². The molecule has 2 rings (SSSR count). The number of rotatable bonds is 6. The van der Waals surface area contributed by atoms with Crippen molar-refractivity contribution in [1.82, 2.24) is 0 Å². The second kappa shape index (κ2) is 8.52. The summed E-state index contributed by atoms with van der Waals surface area (Å²) in [4.78, 5) is 24.7. The van der Waals surface area contributed by atoms with Gasteiger partial charge in [-0.1, -0.05) is 44.2 Å². The zero-order chi connectivity index (χ0) is 19.3. The zero-order valence-corrected chi connectivity index (χ0v) is 15.6. The smallest absolute Gasteiger partial charge is 0.342 e. The minimum atomic E-state index is -0.993. The fraction of sp³-hybridized carbons (Fsp3) is 0.333. The second-order valence-electron chi connectivity index (χ2n) is 6.40. The lowest BCUT2D eigenvalue weighted by Crippen LogP contribution is -2.30. The van der Waals surface area contributed by atoms with Gasteiger partial charge in [0.2, 0.25) is 0 Å². The van der Waals surface area contributed by atoms with Crippen LogP contribution in [-0.4, -0.2) is 23.1 Å². The SMILES string of the molecule is CC[C@H](C)c1ccccc1NC(=O)[C@H](C)OC(=O)c1cccc(C)c1O. The average Bonchev–Trinajstić information content (AvgIpc) is 2.63. The van der Waals surface area contributed by atoms with Crippen molar-refractivity contribution < 1.29 is 19.4 Å². The highest BCUT2D eigenvalue weighted by atomic mass is 16.5. The molecule has 0 aromatic heterocycles. The number of phenolic OH excluding ortho intramolecular Hbond substituents is 1. The van der Waals surface area contributed by atoms with Gasteiger partial charge in [0.05, 0.1) is 0 Å². The maximum atomic E-state index is 12.4. The number of carbonyl (C=O) groups excluding carboxylic acids is 2. The molecule has 5 heteroatoms. The minimum Gasteiger partial charge on any atom is -0.507 e. The third kappa shape index (κ3) is 4.42. The van der Waals surface area contributed by atoms with E-state index < -0.39 is 18.0 Å². The van der Waals surface area contributed by atoms with E-state index in [1.54, 1.807) is 19.1 Å². The van der Waals surface area contributed by atoms with Crippen LogP contribution in [0.4, 0.5) is 5.69 Å². The molecule has 0 bridgehead atoms. The molecular weight excluding hydrogens is 330 g/mol. The summed E-state index contributed by atoms with van der Waals surface area (Å²) in [5, 5.41) is 12.8. The molecule has 26 heavy (non-hydrogen) atoms. The molecular formula is C21H25NO4. The molecule has 2 atom stereocenters. The van der Waals surface area contributed by atoms with E-state index in [1.165, 1.54) is 13.0 Å². The Kier molecular flexibility index (Phi) is 6.39. The molecule has 2 aromatic carbocycles. The summed E-state index contributed by atoms with van der Waals surface area (Å²) in [6.45, 7) is 7.37. The van der Waals surface area contributed by atoms with E-state index in [0.29, 0.717) is 17.2 Å². The number of para-hydroxylation sites is 2. The Labute approximate surface area is 154 Å². The molecule has 0 unspecified atom stereocenters. The number of esters is 1. The van der Waals surface area contributed by atoms with E-state index in [4.69, 9.17) is 4.74 Å². The molecule has 0 spiro atoms. The third-order valence-corrected chi connectivity index (χ3v) is 4.47. The Bertz CT molecular complexity index is 800. The summed E-state index contributed by atoms with van der Waals surface area (Å²) in [6.07, 6.45) is -0.0447. The summed E-state index contributed by atoms with van der Waals surface area (Å²) in [5.41, 5.74) is 2.37. The van der Waals surface area contributed by atoms with E-state index >= 15 is 0 Å². The number of phenols is 1. The molecule has 0 fully saturated rings. The van der Waals surface area contributed by atoms with Gasteiger partial charge in [-0.25, -0.2) is 4.79 Å². The fourth-order valence-corrected chi connectivity index (χ4v) is 2.60. The van der Waals surface area contributed by atoms with Gasteiger partial charge in [0.15, 0.2) is 6.10 Å². The number of hydrogen-bond donors (Lipinski definition) is 2. The van der Waals surface area contributed by atoms with Gasteiger partial charge in [-0.2, -0.15) is 0 Å². The van der Waals surface area contributed by atoms with Crippen LogP contribution < -0.4 is 5.32 Å². The topological polar surface area (TPSA) is 75.6 Å². The van der Waals surface area contributed by atoms with Crippen molar-refractivity contribution in [2.45, 2.75) is 46.1 Å². The summed E-state index contributed by atoms with van der Waals surface area (Å²) < 4.78 is 5.22. The maximum Gasteiger partial charge on any atom is 0.342 e. The molecule has 138 valence electrons. The number of hydrogen-bond acceptors (Lipinski definition) is 4. The summed E-state index contributed by atoms with van der Waals surface area (Å²) >= 11 is 0. The van der Waals surface area contributed by atoms with Crippen LogP contribution in [0.5, 0.6) is 5.75 Å². The first-order valence-electron chi connectivity index (χ1n) is 8.74. The Morgan fingerprint density at radius 3 is 2.50 bits per heavy atom. The summed E-state index contributed by atoms with van der Waals surface area (Å²) in [7, 11) is 0. The van der Waals surface area contributed by atoms with Crippen LogP contribution in [0, 0.1) is 6.92 Å². The van der Waals surface area contributed by atoms with Crippen LogP contribution in [0.2, 0.25) is 0 Å². The number of benzene rings is 2. The normalized spacial score (nSPS) is 12.9.